The molecule has 3 amide bonds. The van der Waals surface area contributed by atoms with Crippen molar-refractivity contribution in [1.29, 1.82) is 0 Å². The zero-order chi connectivity index (χ0) is 26.2. The molecule has 0 spiro atoms. The number of amides is 3. The van der Waals surface area contributed by atoms with Crippen LogP contribution in [0.5, 0.6) is 0 Å². The predicted octanol–water partition coefficient (Wildman–Crippen LogP) is 0.613. The number of carbonyl (C=O) groups is 4. The Morgan fingerprint density at radius 3 is 2.81 bits per heavy atom. The maximum Gasteiger partial charge on any atom is 0.328 e. The van der Waals surface area contributed by atoms with E-state index < -0.39 is 41.3 Å². The van der Waals surface area contributed by atoms with Crippen LogP contribution >= 0.6 is 0 Å². The van der Waals surface area contributed by atoms with E-state index in [4.69, 9.17) is 16.1 Å². The van der Waals surface area contributed by atoms with Gasteiger partial charge in [-0.25, -0.2) is 4.79 Å². The average Bonchev–Trinajstić information content (AvgIpc) is 3.45. The number of terminal acetylenes is 1. The molecule has 0 unspecified atom stereocenters. The van der Waals surface area contributed by atoms with Crippen molar-refractivity contribution in [3.8, 4) is 12.3 Å². The third-order valence-corrected chi connectivity index (χ3v) is 5.53. The Hall–Kier alpha value is -4.66. The number of carboxylic acids is 1. The lowest BCUT2D eigenvalue weighted by Crippen LogP contribution is -2.43. The maximum atomic E-state index is 13.2. The van der Waals surface area contributed by atoms with Crippen LogP contribution in [0.1, 0.15) is 41.6 Å². The molecule has 0 bridgehead atoms. The molecule has 1 saturated heterocycles. The fraction of sp³-hybridized carbons (Fsp3) is 0.333. The van der Waals surface area contributed by atoms with Crippen molar-refractivity contribution < 1.29 is 28.8 Å². The van der Waals surface area contributed by atoms with Gasteiger partial charge in [0.05, 0.1) is 0 Å². The Labute approximate surface area is 205 Å². The lowest BCUT2D eigenvalue weighted by atomic mass is 9.97. The van der Waals surface area contributed by atoms with Crippen LogP contribution in [0.15, 0.2) is 45.9 Å². The van der Waals surface area contributed by atoms with E-state index >= 15 is 0 Å². The highest BCUT2D eigenvalue weighted by molar-refractivity contribution is 6.02. The number of rotatable bonds is 10. The molecule has 1 aliphatic heterocycles. The molecule has 2 aromatic rings. The standard InChI is InChI=1S/C24H25N5O7/c1-3-5-19(23(34)26-16(7-8-20(30)31)13-15-9-10-25-21(15)32)29-11-4-6-17(24(29)35)27-22(33)18-12-14(2)36-28-18/h1,4,6-8,11-12,15-16,19H,5,9-10,13H2,2H3,(H,25,32)(H,26,34)(H,27,33)(H,30,31)/b8-7+/t15-,16+,19-/m0/s1. The third kappa shape index (κ3) is 6.47. The first-order valence-corrected chi connectivity index (χ1v) is 11.1. The van der Waals surface area contributed by atoms with E-state index in [0.29, 0.717) is 18.7 Å². The van der Waals surface area contributed by atoms with E-state index in [9.17, 15) is 24.0 Å². The molecule has 3 heterocycles. The van der Waals surface area contributed by atoms with Crippen molar-refractivity contribution in [3.63, 3.8) is 0 Å². The quantitative estimate of drug-likeness (QED) is 0.274. The first-order valence-electron chi connectivity index (χ1n) is 11.1. The van der Waals surface area contributed by atoms with Crippen LogP contribution in [0.4, 0.5) is 5.69 Å². The second kappa shape index (κ2) is 11.7. The molecule has 188 valence electrons. The summed E-state index contributed by atoms with van der Waals surface area (Å²) in [4.78, 5) is 61.7. The molecule has 4 N–H and O–H groups in total. The first-order chi connectivity index (χ1) is 17.2. The van der Waals surface area contributed by atoms with Gasteiger partial charge in [0.2, 0.25) is 11.8 Å². The van der Waals surface area contributed by atoms with Crippen molar-refractivity contribution in [3.05, 3.63) is 58.4 Å². The Bertz CT molecular complexity index is 1290. The monoisotopic (exact) mass is 495 g/mol. The van der Waals surface area contributed by atoms with Gasteiger partial charge in [-0.05, 0) is 31.9 Å². The van der Waals surface area contributed by atoms with Crippen molar-refractivity contribution >= 4 is 29.4 Å². The average molecular weight is 495 g/mol. The summed E-state index contributed by atoms with van der Waals surface area (Å²) in [5.74, 6) is -0.344. The lowest BCUT2D eigenvalue weighted by Gasteiger charge is -2.23. The number of pyridine rings is 1. The Kier molecular flexibility index (Phi) is 8.40. The summed E-state index contributed by atoms with van der Waals surface area (Å²) in [6.07, 6.45) is 9.52. The molecule has 0 radical (unpaired) electrons. The number of aromatic nitrogens is 2. The summed E-state index contributed by atoms with van der Waals surface area (Å²) in [6, 6.07) is 2.28. The molecular formula is C24H25N5O7. The Morgan fingerprint density at radius 1 is 1.42 bits per heavy atom. The minimum Gasteiger partial charge on any atom is -0.478 e. The summed E-state index contributed by atoms with van der Waals surface area (Å²) in [7, 11) is 0. The minimum absolute atomic E-state index is 0.0239. The topological polar surface area (TPSA) is 173 Å². The highest BCUT2D eigenvalue weighted by Gasteiger charge is 2.29. The second-order valence-corrected chi connectivity index (χ2v) is 8.16. The van der Waals surface area contributed by atoms with E-state index in [0.717, 1.165) is 10.6 Å². The van der Waals surface area contributed by atoms with Gasteiger partial charge < -0.3 is 30.1 Å². The number of hydrogen-bond acceptors (Lipinski definition) is 7. The number of carboxylic acid groups (broad SMARTS) is 1. The number of aliphatic carboxylic acids is 1. The van der Waals surface area contributed by atoms with Gasteiger partial charge in [-0.1, -0.05) is 11.2 Å². The molecule has 12 nitrogen and oxygen atoms in total. The van der Waals surface area contributed by atoms with Gasteiger partial charge in [0.15, 0.2) is 5.69 Å². The van der Waals surface area contributed by atoms with Gasteiger partial charge in [0, 0.05) is 43.3 Å². The van der Waals surface area contributed by atoms with Crippen LogP contribution < -0.4 is 21.5 Å². The van der Waals surface area contributed by atoms with Gasteiger partial charge in [0.1, 0.15) is 17.5 Å². The van der Waals surface area contributed by atoms with E-state index in [1.165, 1.54) is 30.5 Å². The first kappa shape index (κ1) is 26.0. The van der Waals surface area contributed by atoms with Crippen molar-refractivity contribution in [1.82, 2.24) is 20.4 Å². The fourth-order valence-corrected chi connectivity index (χ4v) is 3.78. The van der Waals surface area contributed by atoms with Gasteiger partial charge >= 0.3 is 5.97 Å². The summed E-state index contributed by atoms with van der Waals surface area (Å²) in [6.45, 7) is 2.11. The number of carbonyl (C=O) groups excluding carboxylic acids is 3. The number of nitrogens with zero attached hydrogens (tertiary/aromatic N) is 2. The predicted molar refractivity (Wildman–Crippen MR) is 127 cm³/mol. The summed E-state index contributed by atoms with van der Waals surface area (Å²) < 4.78 is 5.95. The molecule has 0 aromatic carbocycles. The van der Waals surface area contributed by atoms with E-state index in [1.54, 1.807) is 6.92 Å². The van der Waals surface area contributed by atoms with Crippen molar-refractivity contribution in [2.75, 3.05) is 11.9 Å². The highest BCUT2D eigenvalue weighted by Crippen LogP contribution is 2.18. The Morgan fingerprint density at radius 2 is 2.19 bits per heavy atom. The molecular weight excluding hydrogens is 470 g/mol. The van der Waals surface area contributed by atoms with Gasteiger partial charge in [-0.3, -0.25) is 19.2 Å². The molecule has 2 aromatic heterocycles. The Balaban J connectivity index is 1.83. The summed E-state index contributed by atoms with van der Waals surface area (Å²) in [5.41, 5.74) is -0.818. The van der Waals surface area contributed by atoms with Crippen molar-refractivity contribution in [2.24, 2.45) is 5.92 Å². The van der Waals surface area contributed by atoms with Crippen LogP contribution in [0, 0.1) is 25.2 Å². The van der Waals surface area contributed by atoms with Crippen LogP contribution in [0.25, 0.3) is 0 Å². The molecule has 12 heteroatoms. The number of anilines is 1. The van der Waals surface area contributed by atoms with E-state index in [2.05, 4.69) is 27.0 Å². The molecule has 1 fully saturated rings. The zero-order valence-corrected chi connectivity index (χ0v) is 19.4. The normalized spacial score (nSPS) is 16.7. The van der Waals surface area contributed by atoms with Crippen LogP contribution in [0.3, 0.4) is 0 Å². The SMILES string of the molecule is C#CC[C@@H](C(=O)N[C@H](/C=C/C(=O)O)C[C@@H]1CCNC1=O)n1cccc(NC(=O)c2cc(C)on2)c1=O. The van der Waals surface area contributed by atoms with Crippen molar-refractivity contribution in [2.45, 2.75) is 38.3 Å². The largest absolute Gasteiger partial charge is 0.478 e. The molecule has 0 aliphatic carbocycles. The second-order valence-electron chi connectivity index (χ2n) is 8.16. The number of aryl methyl sites for hydroxylation is 1. The summed E-state index contributed by atoms with van der Waals surface area (Å²) in [5, 5.41) is 20.4. The molecule has 3 atom stereocenters. The molecule has 3 rings (SSSR count). The zero-order valence-electron chi connectivity index (χ0n) is 19.4. The van der Waals surface area contributed by atoms with Crippen LogP contribution in [0.2, 0.25) is 0 Å². The molecule has 0 saturated carbocycles. The third-order valence-electron chi connectivity index (χ3n) is 5.53. The number of hydrogen-bond donors (Lipinski definition) is 4. The molecule has 1 aliphatic rings. The maximum absolute atomic E-state index is 13.2. The van der Waals surface area contributed by atoms with E-state index in [1.807, 2.05) is 0 Å². The smallest absolute Gasteiger partial charge is 0.328 e. The van der Waals surface area contributed by atoms with Gasteiger partial charge in [-0.2, -0.15) is 0 Å². The summed E-state index contributed by atoms with van der Waals surface area (Å²) >= 11 is 0. The minimum atomic E-state index is -1.22. The van der Waals surface area contributed by atoms with Crippen LogP contribution in [-0.2, 0) is 14.4 Å². The molecule has 36 heavy (non-hydrogen) atoms. The van der Waals surface area contributed by atoms with Gasteiger partial charge in [-0.15, -0.1) is 12.3 Å². The van der Waals surface area contributed by atoms with E-state index in [-0.39, 0.29) is 30.1 Å². The van der Waals surface area contributed by atoms with Crippen LogP contribution in [-0.4, -0.2) is 51.1 Å². The number of nitrogens with one attached hydrogen (secondary N) is 3. The highest BCUT2D eigenvalue weighted by atomic mass is 16.5. The van der Waals surface area contributed by atoms with Gasteiger partial charge in [0.25, 0.3) is 11.5 Å². The lowest BCUT2D eigenvalue weighted by molar-refractivity contribution is -0.131. The fourth-order valence-electron chi connectivity index (χ4n) is 3.78.